The topological polar surface area (TPSA) is 29.5 Å². The number of nitrogens with zero attached hydrogens (tertiary/aromatic N) is 1. The Hall–Kier alpha value is -1.82. The molecule has 0 bridgehead atoms. The van der Waals surface area contributed by atoms with Crippen LogP contribution in [0.15, 0.2) is 63.9 Å². The van der Waals surface area contributed by atoms with E-state index in [1.54, 1.807) is 7.11 Å². The van der Waals surface area contributed by atoms with Gasteiger partial charge in [-0.1, -0.05) is 42.5 Å². The van der Waals surface area contributed by atoms with Gasteiger partial charge in [0, 0.05) is 12.1 Å². The van der Waals surface area contributed by atoms with Crippen molar-refractivity contribution in [1.82, 2.24) is 4.90 Å². The van der Waals surface area contributed by atoms with Crippen LogP contribution in [0.1, 0.15) is 43.5 Å². The molecule has 1 aliphatic heterocycles. The lowest BCUT2D eigenvalue weighted by molar-refractivity contribution is -0.117. The lowest BCUT2D eigenvalue weighted by Gasteiger charge is -2.42. The largest absolute Gasteiger partial charge is 0.497 e. The second kappa shape index (κ2) is 7.60. The molecular formula is C21H22INO2. The van der Waals surface area contributed by atoms with Gasteiger partial charge in [0.2, 0.25) is 0 Å². The quantitative estimate of drug-likeness (QED) is 0.585. The van der Waals surface area contributed by atoms with E-state index in [0.717, 1.165) is 15.0 Å². The van der Waals surface area contributed by atoms with Crippen molar-refractivity contribution in [2.45, 2.75) is 32.4 Å². The number of hydrogen-bond acceptors (Lipinski definition) is 3. The van der Waals surface area contributed by atoms with E-state index in [2.05, 4.69) is 65.6 Å². The van der Waals surface area contributed by atoms with Crippen molar-refractivity contribution in [3.63, 3.8) is 0 Å². The third-order valence-corrected chi connectivity index (χ3v) is 6.25. The van der Waals surface area contributed by atoms with Crippen molar-refractivity contribution in [3.8, 4) is 5.75 Å². The SMILES string of the molecule is COc1ccc([C@H](C)N2C(C)=C(I)C(=O)C[C@@H]2c2ccccc2)cc1. The van der Waals surface area contributed by atoms with Gasteiger partial charge in [-0.3, -0.25) is 4.79 Å². The minimum atomic E-state index is 0.0596. The van der Waals surface area contributed by atoms with Crippen LogP contribution >= 0.6 is 22.6 Å². The zero-order chi connectivity index (χ0) is 18.0. The number of Topliss-reactive ketones (excluding diaryl/α,β-unsaturated/α-hetero) is 1. The molecule has 1 aliphatic rings. The number of methoxy groups -OCH3 is 1. The maximum absolute atomic E-state index is 12.5. The summed E-state index contributed by atoms with van der Waals surface area (Å²) >= 11 is 2.19. The summed E-state index contributed by atoms with van der Waals surface area (Å²) in [5, 5.41) is 0. The van der Waals surface area contributed by atoms with E-state index in [4.69, 9.17) is 4.74 Å². The highest BCUT2D eigenvalue weighted by molar-refractivity contribution is 14.1. The Kier molecular flexibility index (Phi) is 5.47. The van der Waals surface area contributed by atoms with Crippen LogP contribution in [0.4, 0.5) is 0 Å². The van der Waals surface area contributed by atoms with Gasteiger partial charge in [0.15, 0.2) is 5.78 Å². The minimum Gasteiger partial charge on any atom is -0.497 e. The van der Waals surface area contributed by atoms with Gasteiger partial charge in [-0.05, 0) is 59.7 Å². The predicted octanol–water partition coefficient (Wildman–Crippen LogP) is 5.44. The Morgan fingerprint density at radius 3 is 2.36 bits per heavy atom. The Balaban J connectivity index is 2.02. The van der Waals surface area contributed by atoms with Crippen LogP contribution in [0.5, 0.6) is 5.75 Å². The molecule has 0 spiro atoms. The van der Waals surface area contributed by atoms with Crippen molar-refractivity contribution < 1.29 is 9.53 Å². The number of hydrogen-bond donors (Lipinski definition) is 0. The summed E-state index contributed by atoms with van der Waals surface area (Å²) in [6.07, 6.45) is 0.514. The van der Waals surface area contributed by atoms with E-state index >= 15 is 0 Å². The first-order valence-electron chi connectivity index (χ1n) is 8.39. The summed E-state index contributed by atoms with van der Waals surface area (Å²) in [6.45, 7) is 4.25. The summed E-state index contributed by atoms with van der Waals surface area (Å²) in [5.74, 6) is 1.08. The van der Waals surface area contributed by atoms with Gasteiger partial charge >= 0.3 is 0 Å². The second-order valence-electron chi connectivity index (χ2n) is 6.31. The van der Waals surface area contributed by atoms with Crippen LogP contribution in [-0.4, -0.2) is 17.8 Å². The number of rotatable bonds is 4. The average Bonchev–Trinajstić information content (AvgIpc) is 2.66. The molecule has 3 nitrogen and oxygen atoms in total. The number of carbonyl (C=O) groups is 1. The fourth-order valence-corrected chi connectivity index (χ4v) is 3.97. The Morgan fingerprint density at radius 1 is 1.12 bits per heavy atom. The van der Waals surface area contributed by atoms with Crippen molar-refractivity contribution in [2.75, 3.05) is 7.11 Å². The lowest BCUT2D eigenvalue weighted by Crippen LogP contribution is -2.36. The van der Waals surface area contributed by atoms with Gasteiger partial charge in [0.25, 0.3) is 0 Å². The zero-order valence-electron chi connectivity index (χ0n) is 14.7. The molecule has 2 aromatic carbocycles. The average molecular weight is 447 g/mol. The van der Waals surface area contributed by atoms with Crippen molar-refractivity contribution in [3.05, 3.63) is 75.0 Å². The predicted molar refractivity (Wildman–Crippen MR) is 109 cm³/mol. The number of ether oxygens (including phenoxy) is 1. The molecule has 0 N–H and O–H groups in total. The summed E-state index contributed by atoms with van der Waals surface area (Å²) in [5.41, 5.74) is 3.44. The molecule has 25 heavy (non-hydrogen) atoms. The van der Waals surface area contributed by atoms with E-state index in [-0.39, 0.29) is 17.9 Å². The normalized spacial score (nSPS) is 19.1. The van der Waals surface area contributed by atoms with Gasteiger partial charge in [0.1, 0.15) is 5.75 Å². The number of allylic oxidation sites excluding steroid dienone is 2. The number of benzene rings is 2. The Morgan fingerprint density at radius 2 is 1.76 bits per heavy atom. The van der Waals surface area contributed by atoms with Gasteiger partial charge in [-0.15, -0.1) is 0 Å². The van der Waals surface area contributed by atoms with Crippen molar-refractivity contribution in [1.29, 1.82) is 0 Å². The molecule has 0 radical (unpaired) electrons. The molecule has 0 fully saturated rings. The van der Waals surface area contributed by atoms with Gasteiger partial charge < -0.3 is 9.64 Å². The monoisotopic (exact) mass is 447 g/mol. The fourth-order valence-electron chi connectivity index (χ4n) is 3.47. The molecule has 130 valence electrons. The number of halogens is 1. The summed E-state index contributed by atoms with van der Waals surface area (Å²) in [7, 11) is 1.68. The standard InChI is InChI=1S/C21H22INO2/c1-14(16-9-11-18(25-3)12-10-16)23-15(2)21(22)20(24)13-19(23)17-7-5-4-6-8-17/h4-12,14,19H,13H2,1-3H3/t14-,19+/m0/s1. The Bertz CT molecular complexity index is 783. The van der Waals surface area contributed by atoms with E-state index in [9.17, 15) is 4.79 Å². The maximum atomic E-state index is 12.5. The molecule has 3 rings (SSSR count). The van der Waals surface area contributed by atoms with Crippen LogP contribution in [0.2, 0.25) is 0 Å². The second-order valence-corrected chi connectivity index (χ2v) is 7.39. The van der Waals surface area contributed by atoms with Crippen molar-refractivity contribution in [2.24, 2.45) is 0 Å². The summed E-state index contributed by atoms with van der Waals surface area (Å²) in [4.78, 5) is 14.8. The summed E-state index contributed by atoms with van der Waals surface area (Å²) < 4.78 is 6.11. The zero-order valence-corrected chi connectivity index (χ0v) is 16.9. The maximum Gasteiger partial charge on any atom is 0.173 e. The first kappa shape index (κ1) is 18.0. The van der Waals surface area contributed by atoms with E-state index in [0.29, 0.717) is 6.42 Å². The first-order chi connectivity index (χ1) is 12.0. The molecule has 0 aromatic heterocycles. The third kappa shape index (κ3) is 3.59. The smallest absolute Gasteiger partial charge is 0.173 e. The highest BCUT2D eigenvalue weighted by Gasteiger charge is 2.34. The highest BCUT2D eigenvalue weighted by atomic mass is 127. The first-order valence-corrected chi connectivity index (χ1v) is 9.47. The number of ketones is 1. The van der Waals surface area contributed by atoms with Crippen LogP contribution in [0.25, 0.3) is 0 Å². The van der Waals surface area contributed by atoms with Crippen LogP contribution in [0.3, 0.4) is 0 Å². The number of carbonyl (C=O) groups excluding carboxylic acids is 1. The minimum absolute atomic E-state index is 0.0596. The summed E-state index contributed by atoms with van der Waals surface area (Å²) in [6, 6.07) is 18.7. The molecule has 2 atom stereocenters. The molecule has 0 unspecified atom stereocenters. The fraction of sp³-hybridized carbons (Fsp3) is 0.286. The molecular weight excluding hydrogens is 425 g/mol. The van der Waals surface area contributed by atoms with Crippen LogP contribution in [-0.2, 0) is 4.79 Å². The third-order valence-electron chi connectivity index (χ3n) is 4.86. The molecule has 2 aromatic rings. The molecule has 4 heteroatoms. The molecule has 0 saturated carbocycles. The van der Waals surface area contributed by atoms with E-state index in [1.165, 1.54) is 11.1 Å². The van der Waals surface area contributed by atoms with Gasteiger partial charge in [-0.25, -0.2) is 0 Å². The lowest BCUT2D eigenvalue weighted by atomic mass is 9.92. The molecule has 0 saturated heterocycles. The van der Waals surface area contributed by atoms with E-state index in [1.807, 2.05) is 30.3 Å². The van der Waals surface area contributed by atoms with E-state index < -0.39 is 0 Å². The van der Waals surface area contributed by atoms with Gasteiger partial charge in [0.05, 0.1) is 22.8 Å². The Labute approximate surface area is 162 Å². The van der Waals surface area contributed by atoms with Crippen LogP contribution < -0.4 is 4.74 Å². The molecule has 0 amide bonds. The molecule has 1 heterocycles. The van der Waals surface area contributed by atoms with Crippen LogP contribution in [0, 0.1) is 0 Å². The van der Waals surface area contributed by atoms with Crippen molar-refractivity contribution >= 4 is 28.4 Å². The molecule has 0 aliphatic carbocycles. The highest BCUT2D eigenvalue weighted by Crippen LogP contribution is 2.42. The van der Waals surface area contributed by atoms with Gasteiger partial charge in [-0.2, -0.15) is 0 Å².